The SMILES string of the molecule is Cc1c(-c2nnn(C)n2)nn(C)c1N. The lowest BCUT2D eigenvalue weighted by Crippen LogP contribution is -1.97. The van der Waals surface area contributed by atoms with E-state index < -0.39 is 0 Å². The van der Waals surface area contributed by atoms with Crippen molar-refractivity contribution in [1.29, 1.82) is 0 Å². The molecule has 0 aliphatic carbocycles. The van der Waals surface area contributed by atoms with E-state index in [2.05, 4.69) is 20.5 Å². The van der Waals surface area contributed by atoms with Gasteiger partial charge in [-0.25, -0.2) is 0 Å². The molecular weight excluding hydrogens is 182 g/mol. The number of anilines is 1. The maximum Gasteiger partial charge on any atom is 0.225 e. The van der Waals surface area contributed by atoms with E-state index >= 15 is 0 Å². The number of hydrogen-bond acceptors (Lipinski definition) is 5. The second-order valence-electron chi connectivity index (χ2n) is 3.08. The Morgan fingerprint density at radius 2 is 1.93 bits per heavy atom. The van der Waals surface area contributed by atoms with E-state index in [1.165, 1.54) is 4.80 Å². The Hall–Kier alpha value is -1.92. The molecule has 14 heavy (non-hydrogen) atoms. The van der Waals surface area contributed by atoms with Crippen molar-refractivity contribution in [1.82, 2.24) is 30.0 Å². The normalized spacial score (nSPS) is 10.8. The summed E-state index contributed by atoms with van der Waals surface area (Å²) in [4.78, 5) is 1.39. The van der Waals surface area contributed by atoms with Crippen molar-refractivity contribution < 1.29 is 0 Å². The Morgan fingerprint density at radius 1 is 1.21 bits per heavy atom. The van der Waals surface area contributed by atoms with Gasteiger partial charge in [-0.2, -0.15) is 9.90 Å². The minimum atomic E-state index is 0.498. The van der Waals surface area contributed by atoms with Crippen LogP contribution in [0.2, 0.25) is 0 Å². The lowest BCUT2D eigenvalue weighted by molar-refractivity contribution is 0.630. The van der Waals surface area contributed by atoms with E-state index in [9.17, 15) is 0 Å². The van der Waals surface area contributed by atoms with Gasteiger partial charge in [-0.05, 0) is 12.1 Å². The second-order valence-corrected chi connectivity index (χ2v) is 3.08. The second kappa shape index (κ2) is 2.79. The summed E-state index contributed by atoms with van der Waals surface area (Å²) in [6, 6.07) is 0. The number of aryl methyl sites for hydroxylation is 2. The predicted molar refractivity (Wildman–Crippen MR) is 50.1 cm³/mol. The predicted octanol–water partition coefficient (Wildman–Crippen LogP) is -0.499. The molecule has 0 saturated heterocycles. The molecule has 7 heteroatoms. The van der Waals surface area contributed by atoms with Crippen molar-refractivity contribution in [3.8, 4) is 11.5 Å². The number of nitrogens with zero attached hydrogens (tertiary/aromatic N) is 6. The van der Waals surface area contributed by atoms with Crippen molar-refractivity contribution in [2.45, 2.75) is 6.92 Å². The van der Waals surface area contributed by atoms with E-state index in [4.69, 9.17) is 5.73 Å². The fourth-order valence-electron chi connectivity index (χ4n) is 1.23. The van der Waals surface area contributed by atoms with Crippen LogP contribution in [0.5, 0.6) is 0 Å². The van der Waals surface area contributed by atoms with Gasteiger partial charge < -0.3 is 5.73 Å². The Morgan fingerprint density at radius 3 is 2.36 bits per heavy atom. The number of aromatic nitrogens is 6. The molecule has 2 heterocycles. The topological polar surface area (TPSA) is 87.4 Å². The minimum absolute atomic E-state index is 0.498. The fourth-order valence-corrected chi connectivity index (χ4v) is 1.23. The van der Waals surface area contributed by atoms with Crippen molar-refractivity contribution in [2.75, 3.05) is 5.73 Å². The number of hydrogen-bond donors (Lipinski definition) is 1. The summed E-state index contributed by atoms with van der Waals surface area (Å²) >= 11 is 0. The van der Waals surface area contributed by atoms with E-state index in [-0.39, 0.29) is 0 Å². The third kappa shape index (κ3) is 1.13. The Bertz CT molecular complexity index is 466. The average molecular weight is 193 g/mol. The van der Waals surface area contributed by atoms with Crippen LogP contribution in [-0.4, -0.2) is 30.0 Å². The van der Waals surface area contributed by atoms with Crippen LogP contribution in [0.1, 0.15) is 5.56 Å². The van der Waals surface area contributed by atoms with Gasteiger partial charge in [-0.3, -0.25) is 4.68 Å². The van der Waals surface area contributed by atoms with Crippen molar-refractivity contribution in [3.63, 3.8) is 0 Å². The molecule has 2 rings (SSSR count). The standard InChI is InChI=1S/C7H11N7/c1-4-5(10-13(2)6(4)8)7-9-12-14(3)11-7/h8H2,1-3H3. The van der Waals surface area contributed by atoms with Crippen LogP contribution >= 0.6 is 0 Å². The molecule has 2 aromatic rings. The largest absolute Gasteiger partial charge is 0.384 e. The lowest BCUT2D eigenvalue weighted by Gasteiger charge is -1.91. The van der Waals surface area contributed by atoms with Crippen LogP contribution in [0.25, 0.3) is 11.5 Å². The van der Waals surface area contributed by atoms with Crippen LogP contribution in [0.3, 0.4) is 0 Å². The van der Waals surface area contributed by atoms with Crippen molar-refractivity contribution >= 4 is 5.82 Å². The third-order valence-corrected chi connectivity index (χ3v) is 2.06. The molecule has 7 nitrogen and oxygen atoms in total. The Kier molecular flexibility index (Phi) is 1.73. The molecule has 74 valence electrons. The van der Waals surface area contributed by atoms with Crippen LogP contribution in [-0.2, 0) is 14.1 Å². The maximum absolute atomic E-state index is 5.76. The van der Waals surface area contributed by atoms with Gasteiger partial charge >= 0.3 is 0 Å². The van der Waals surface area contributed by atoms with Crippen molar-refractivity contribution in [3.05, 3.63) is 5.56 Å². The molecule has 0 atom stereocenters. The first-order valence-electron chi connectivity index (χ1n) is 4.13. The molecule has 0 bridgehead atoms. The number of rotatable bonds is 1. The highest BCUT2D eigenvalue weighted by atomic mass is 15.6. The molecule has 0 spiro atoms. The molecular formula is C7H11N7. The number of nitrogen functional groups attached to an aromatic ring is 1. The molecule has 0 amide bonds. The zero-order valence-corrected chi connectivity index (χ0v) is 8.26. The zero-order chi connectivity index (χ0) is 10.3. The molecule has 0 radical (unpaired) electrons. The van der Waals surface area contributed by atoms with Gasteiger partial charge in [0.25, 0.3) is 0 Å². The molecule has 0 fully saturated rings. The summed E-state index contributed by atoms with van der Waals surface area (Å²) in [7, 11) is 3.49. The van der Waals surface area contributed by atoms with Crippen LogP contribution in [0, 0.1) is 6.92 Å². The van der Waals surface area contributed by atoms with Gasteiger partial charge in [0.15, 0.2) is 0 Å². The van der Waals surface area contributed by atoms with E-state index in [1.807, 2.05) is 6.92 Å². The lowest BCUT2D eigenvalue weighted by atomic mass is 10.2. The summed E-state index contributed by atoms with van der Waals surface area (Å²) in [6.07, 6.45) is 0. The summed E-state index contributed by atoms with van der Waals surface area (Å²) in [5, 5.41) is 15.9. The monoisotopic (exact) mass is 193 g/mol. The summed E-state index contributed by atoms with van der Waals surface area (Å²) in [5.41, 5.74) is 7.32. The van der Waals surface area contributed by atoms with E-state index in [1.54, 1.807) is 18.8 Å². The molecule has 2 aromatic heterocycles. The number of tetrazole rings is 1. The number of nitrogens with two attached hydrogens (primary N) is 1. The van der Waals surface area contributed by atoms with Crippen molar-refractivity contribution in [2.24, 2.45) is 14.1 Å². The Balaban J connectivity index is 2.57. The van der Waals surface area contributed by atoms with Crippen LogP contribution in [0.15, 0.2) is 0 Å². The highest BCUT2D eigenvalue weighted by molar-refractivity contribution is 5.61. The summed E-state index contributed by atoms with van der Waals surface area (Å²) in [5.74, 6) is 1.12. The first-order chi connectivity index (χ1) is 6.59. The molecule has 2 N–H and O–H groups in total. The molecule has 0 aliphatic rings. The van der Waals surface area contributed by atoms with Gasteiger partial charge in [0.1, 0.15) is 11.5 Å². The van der Waals surface area contributed by atoms with Gasteiger partial charge in [0.05, 0.1) is 7.05 Å². The fraction of sp³-hybridized carbons (Fsp3) is 0.429. The maximum atomic E-state index is 5.76. The first kappa shape index (κ1) is 8.67. The van der Waals surface area contributed by atoms with Gasteiger partial charge in [-0.15, -0.1) is 10.2 Å². The third-order valence-electron chi connectivity index (χ3n) is 2.06. The highest BCUT2D eigenvalue weighted by Gasteiger charge is 2.15. The highest BCUT2D eigenvalue weighted by Crippen LogP contribution is 2.21. The molecule has 0 aromatic carbocycles. The smallest absolute Gasteiger partial charge is 0.225 e. The summed E-state index contributed by atoms with van der Waals surface area (Å²) in [6.45, 7) is 1.88. The quantitative estimate of drug-likeness (QED) is 0.659. The average Bonchev–Trinajstić information content (AvgIpc) is 2.66. The molecule has 0 unspecified atom stereocenters. The molecule has 0 saturated carbocycles. The van der Waals surface area contributed by atoms with E-state index in [0.717, 1.165) is 5.56 Å². The molecule has 0 aliphatic heterocycles. The zero-order valence-electron chi connectivity index (χ0n) is 8.26. The van der Waals surface area contributed by atoms with Gasteiger partial charge in [0, 0.05) is 12.6 Å². The van der Waals surface area contributed by atoms with Crippen LogP contribution in [0.4, 0.5) is 5.82 Å². The minimum Gasteiger partial charge on any atom is -0.384 e. The van der Waals surface area contributed by atoms with Crippen LogP contribution < -0.4 is 5.73 Å². The first-order valence-corrected chi connectivity index (χ1v) is 4.13. The van der Waals surface area contributed by atoms with E-state index in [0.29, 0.717) is 17.3 Å². The Labute approximate surface area is 80.5 Å². The summed E-state index contributed by atoms with van der Waals surface area (Å²) < 4.78 is 1.60. The van der Waals surface area contributed by atoms with Gasteiger partial charge in [0.2, 0.25) is 5.82 Å². The van der Waals surface area contributed by atoms with Gasteiger partial charge in [-0.1, -0.05) is 0 Å².